The molecular weight excluding hydrogens is 306 g/mol. The van der Waals surface area contributed by atoms with Gasteiger partial charge in [0.15, 0.2) is 0 Å². The van der Waals surface area contributed by atoms with E-state index in [4.69, 9.17) is 5.11 Å². The minimum atomic E-state index is 0.281. The molecule has 1 rings (SSSR count). The predicted octanol–water partition coefficient (Wildman–Crippen LogP) is 5.83. The second kappa shape index (κ2) is 16.6. The van der Waals surface area contributed by atoms with Gasteiger partial charge >= 0.3 is 0 Å². The summed E-state index contributed by atoms with van der Waals surface area (Å²) in [6.07, 6.45) is 15.5. The fourth-order valence-electron chi connectivity index (χ4n) is 2.76. The van der Waals surface area contributed by atoms with E-state index in [9.17, 15) is 0 Å². The summed E-state index contributed by atoms with van der Waals surface area (Å²) in [5.41, 5.74) is 1.50. The van der Waals surface area contributed by atoms with Crippen molar-refractivity contribution in [3.63, 3.8) is 0 Å². The number of likely N-dealkylation sites (N-methyl/N-ethyl adjacent to an activating group) is 1. The number of hydrogen-bond acceptors (Lipinski definition) is 1. The Morgan fingerprint density at radius 1 is 0.720 bits per heavy atom. The Labute approximate surface area is 157 Å². The lowest BCUT2D eigenvalue weighted by Gasteiger charge is -2.21. The highest BCUT2D eigenvalue weighted by atomic mass is 16.3. The smallest absolute Gasteiger partial charge is 0.101 e. The lowest BCUT2D eigenvalue weighted by Crippen LogP contribution is -2.36. The second-order valence-electron chi connectivity index (χ2n) is 8.16. The van der Waals surface area contributed by atoms with Crippen molar-refractivity contribution in [1.82, 2.24) is 0 Å². The van der Waals surface area contributed by atoms with Crippen LogP contribution in [-0.2, 0) is 6.42 Å². The number of aryl methyl sites for hydroxylation is 1. The van der Waals surface area contributed by atoms with Gasteiger partial charge in [0.2, 0.25) is 0 Å². The van der Waals surface area contributed by atoms with Gasteiger partial charge in [0.1, 0.15) is 6.54 Å². The van der Waals surface area contributed by atoms with Crippen molar-refractivity contribution >= 4 is 0 Å². The van der Waals surface area contributed by atoms with Crippen molar-refractivity contribution in [3.05, 3.63) is 35.9 Å². The summed E-state index contributed by atoms with van der Waals surface area (Å²) in [6.45, 7) is 3.40. The molecule has 0 radical (unpaired) electrons. The third-order valence-electron chi connectivity index (χ3n) is 4.43. The monoisotopic (exact) mass is 350 g/mol. The van der Waals surface area contributed by atoms with E-state index in [2.05, 4.69) is 58.4 Å². The molecule has 0 amide bonds. The van der Waals surface area contributed by atoms with Crippen LogP contribution in [0, 0.1) is 0 Å². The van der Waals surface area contributed by atoms with E-state index in [0.29, 0.717) is 0 Å². The van der Waals surface area contributed by atoms with Crippen LogP contribution >= 0.6 is 0 Å². The Balaban J connectivity index is 0.000000697. The lowest BCUT2D eigenvalue weighted by molar-refractivity contribution is -0.870. The molecule has 0 aliphatic rings. The van der Waals surface area contributed by atoms with E-state index in [1.807, 2.05) is 0 Å². The number of hydrogen-bond donors (Lipinski definition) is 1. The van der Waals surface area contributed by atoms with Gasteiger partial charge in [0.25, 0.3) is 0 Å². The number of nitrogens with zero attached hydrogens (tertiary/aromatic N) is 1. The number of aliphatic hydroxyl groups is 1. The number of unbranched alkanes of at least 4 members (excludes halogenated alkanes) is 9. The predicted molar refractivity (Wildman–Crippen MR) is 112 cm³/mol. The van der Waals surface area contributed by atoms with E-state index in [1.54, 1.807) is 0 Å². The van der Waals surface area contributed by atoms with Gasteiger partial charge in [0, 0.05) is 0 Å². The minimum absolute atomic E-state index is 0.281. The third kappa shape index (κ3) is 19.3. The molecule has 0 heterocycles. The van der Waals surface area contributed by atoms with Crippen LogP contribution in [-0.4, -0.2) is 43.9 Å². The second-order valence-corrected chi connectivity index (χ2v) is 8.16. The molecule has 0 fully saturated rings. The Kier molecular flexibility index (Phi) is 16.0. The quantitative estimate of drug-likeness (QED) is 0.350. The highest BCUT2D eigenvalue weighted by Crippen LogP contribution is 2.12. The van der Waals surface area contributed by atoms with Gasteiger partial charge in [-0.3, -0.25) is 0 Å². The Morgan fingerprint density at radius 2 is 1.20 bits per heavy atom. The molecule has 25 heavy (non-hydrogen) atoms. The Hall–Kier alpha value is -0.860. The van der Waals surface area contributed by atoms with Gasteiger partial charge in [-0.2, -0.15) is 0 Å². The van der Waals surface area contributed by atoms with Crippen LogP contribution in [0.1, 0.15) is 76.7 Å². The van der Waals surface area contributed by atoms with Crippen LogP contribution < -0.4 is 0 Å². The Morgan fingerprint density at radius 3 is 1.60 bits per heavy atom. The first kappa shape index (κ1) is 24.1. The highest BCUT2D eigenvalue weighted by molar-refractivity contribution is 5.14. The van der Waals surface area contributed by atoms with Gasteiger partial charge in [-0.15, -0.1) is 0 Å². The molecule has 0 aliphatic carbocycles. The molecule has 2 heteroatoms. The van der Waals surface area contributed by atoms with Crippen molar-refractivity contribution in [1.29, 1.82) is 0 Å². The van der Waals surface area contributed by atoms with Crippen molar-refractivity contribution in [3.8, 4) is 0 Å². The number of rotatable bonds is 13. The molecule has 0 spiro atoms. The van der Waals surface area contributed by atoms with Crippen molar-refractivity contribution in [2.45, 2.75) is 77.6 Å². The van der Waals surface area contributed by atoms with E-state index < -0.39 is 0 Å². The lowest BCUT2D eigenvalue weighted by atomic mass is 10.0. The fraction of sp³-hybridized carbons (Fsp3) is 0.739. The number of benzene rings is 1. The maximum Gasteiger partial charge on any atom is 0.101 e. The standard InChI is InChI=1S/C18H30.C5H14NO/c1-2-3-4-5-6-7-8-9-10-12-15-18-16-13-11-14-17-18;1-6(2,3)4-5-7/h11,13-14,16-17H,2-10,12,15H2,1H3;7H,4-5H2,1-3H3/q;+1. The summed E-state index contributed by atoms with van der Waals surface area (Å²) in [5.74, 6) is 0. The topological polar surface area (TPSA) is 20.2 Å². The SMILES string of the molecule is CCCCCCCCCCCCc1ccccc1.C[N+](C)(C)CCO. The number of aliphatic hydroxyl groups excluding tert-OH is 1. The van der Waals surface area contributed by atoms with Crippen molar-refractivity contribution < 1.29 is 9.59 Å². The average Bonchev–Trinajstić information content (AvgIpc) is 2.57. The van der Waals surface area contributed by atoms with Gasteiger partial charge in [-0.25, -0.2) is 0 Å². The molecule has 0 unspecified atom stereocenters. The molecule has 0 aromatic heterocycles. The van der Waals surface area contributed by atoms with Crippen LogP contribution in [0.2, 0.25) is 0 Å². The van der Waals surface area contributed by atoms with Gasteiger partial charge in [-0.1, -0.05) is 95.0 Å². The summed E-state index contributed by atoms with van der Waals surface area (Å²) in [6, 6.07) is 10.9. The summed E-state index contributed by atoms with van der Waals surface area (Å²) in [7, 11) is 6.16. The van der Waals surface area contributed by atoms with E-state index in [0.717, 1.165) is 11.0 Å². The van der Waals surface area contributed by atoms with Crippen LogP contribution in [0.15, 0.2) is 30.3 Å². The maximum atomic E-state index is 8.39. The van der Waals surface area contributed by atoms with E-state index >= 15 is 0 Å². The first-order chi connectivity index (χ1) is 12.0. The van der Waals surface area contributed by atoms with Crippen LogP contribution in [0.25, 0.3) is 0 Å². The first-order valence-electron chi connectivity index (χ1n) is 10.4. The fourth-order valence-corrected chi connectivity index (χ4v) is 2.76. The molecule has 0 atom stereocenters. The highest BCUT2D eigenvalue weighted by Gasteiger charge is 2.02. The zero-order chi connectivity index (χ0) is 18.8. The van der Waals surface area contributed by atoms with Crippen molar-refractivity contribution in [2.24, 2.45) is 0 Å². The van der Waals surface area contributed by atoms with E-state index in [1.165, 1.54) is 76.2 Å². The van der Waals surface area contributed by atoms with E-state index in [-0.39, 0.29) is 6.61 Å². The summed E-state index contributed by atoms with van der Waals surface area (Å²) in [5, 5.41) is 8.39. The molecule has 0 aliphatic heterocycles. The minimum Gasteiger partial charge on any atom is -0.391 e. The normalized spacial score (nSPS) is 11.1. The molecular formula is C23H44NO+. The van der Waals surface area contributed by atoms with Gasteiger partial charge in [0.05, 0.1) is 27.7 Å². The van der Waals surface area contributed by atoms with Crippen LogP contribution in [0.4, 0.5) is 0 Å². The molecule has 1 N–H and O–H groups in total. The summed E-state index contributed by atoms with van der Waals surface area (Å²) in [4.78, 5) is 0. The van der Waals surface area contributed by atoms with Crippen LogP contribution in [0.5, 0.6) is 0 Å². The Bertz CT molecular complexity index is 369. The van der Waals surface area contributed by atoms with Gasteiger partial charge in [-0.05, 0) is 18.4 Å². The molecule has 2 nitrogen and oxygen atoms in total. The molecule has 146 valence electrons. The summed E-state index contributed by atoms with van der Waals surface area (Å²) < 4.78 is 0.844. The molecule has 0 saturated heterocycles. The molecule has 1 aromatic rings. The maximum absolute atomic E-state index is 8.39. The van der Waals surface area contributed by atoms with Gasteiger partial charge < -0.3 is 9.59 Å². The largest absolute Gasteiger partial charge is 0.391 e. The molecule has 0 bridgehead atoms. The third-order valence-corrected chi connectivity index (χ3v) is 4.43. The molecule has 0 saturated carbocycles. The van der Waals surface area contributed by atoms with Crippen molar-refractivity contribution in [2.75, 3.05) is 34.3 Å². The summed E-state index contributed by atoms with van der Waals surface area (Å²) >= 11 is 0. The number of quaternary nitrogens is 1. The average molecular weight is 351 g/mol. The zero-order valence-corrected chi connectivity index (χ0v) is 17.5. The zero-order valence-electron chi connectivity index (χ0n) is 17.5. The first-order valence-corrected chi connectivity index (χ1v) is 10.4. The van der Waals surface area contributed by atoms with Crippen LogP contribution in [0.3, 0.4) is 0 Å². The molecule has 1 aromatic carbocycles.